The highest BCUT2D eigenvalue weighted by Crippen LogP contribution is 2.43. The van der Waals surface area contributed by atoms with E-state index in [2.05, 4.69) is 0 Å². The molecule has 26 heavy (non-hydrogen) atoms. The van der Waals surface area contributed by atoms with Crippen LogP contribution in [0.2, 0.25) is 0 Å². The Kier molecular flexibility index (Phi) is 3.84. The zero-order chi connectivity index (χ0) is 18.3. The molecule has 0 spiro atoms. The van der Waals surface area contributed by atoms with Crippen LogP contribution in [0, 0.1) is 0 Å². The van der Waals surface area contributed by atoms with Crippen LogP contribution in [0.1, 0.15) is 0 Å². The maximum absolute atomic E-state index is 13.1. The molecule has 134 valence electrons. The van der Waals surface area contributed by atoms with E-state index in [1.807, 2.05) is 0 Å². The first kappa shape index (κ1) is 16.1. The fourth-order valence-electron chi connectivity index (χ4n) is 3.00. The van der Waals surface area contributed by atoms with Crippen LogP contribution >= 0.6 is 0 Å². The Morgan fingerprint density at radius 1 is 0.923 bits per heavy atom. The third-order valence-electron chi connectivity index (χ3n) is 4.25. The van der Waals surface area contributed by atoms with E-state index in [0.29, 0.717) is 50.8 Å². The molecule has 2 heterocycles. The van der Waals surface area contributed by atoms with Crippen LogP contribution in [-0.4, -0.2) is 28.1 Å². The van der Waals surface area contributed by atoms with Gasteiger partial charge in [-0.25, -0.2) is 0 Å². The second-order valence-corrected chi connectivity index (χ2v) is 5.57. The molecule has 0 fully saturated rings. The molecular formula is C19H16O7. The molecule has 1 aliphatic heterocycles. The molecule has 0 amide bonds. The van der Waals surface area contributed by atoms with Crippen molar-refractivity contribution in [3.05, 3.63) is 40.8 Å². The average Bonchev–Trinajstić information content (AvgIpc) is 3.14. The molecule has 0 radical (unpaired) electrons. The van der Waals surface area contributed by atoms with Crippen molar-refractivity contribution in [3.8, 4) is 39.9 Å². The van der Waals surface area contributed by atoms with Gasteiger partial charge in [0.1, 0.15) is 6.26 Å². The molecule has 0 atom stereocenters. The van der Waals surface area contributed by atoms with Crippen molar-refractivity contribution in [2.45, 2.75) is 0 Å². The van der Waals surface area contributed by atoms with E-state index in [4.69, 9.17) is 28.1 Å². The first-order valence-corrected chi connectivity index (χ1v) is 7.82. The molecule has 0 saturated carbocycles. The van der Waals surface area contributed by atoms with Crippen LogP contribution in [0.3, 0.4) is 0 Å². The van der Waals surface area contributed by atoms with Gasteiger partial charge in [0.2, 0.25) is 23.7 Å². The van der Waals surface area contributed by atoms with Gasteiger partial charge in [-0.15, -0.1) is 0 Å². The highest BCUT2D eigenvalue weighted by atomic mass is 16.7. The van der Waals surface area contributed by atoms with Crippen molar-refractivity contribution >= 4 is 11.0 Å². The van der Waals surface area contributed by atoms with Crippen molar-refractivity contribution in [2.24, 2.45) is 0 Å². The molecule has 0 bridgehead atoms. The van der Waals surface area contributed by atoms with Crippen molar-refractivity contribution in [2.75, 3.05) is 28.1 Å². The van der Waals surface area contributed by atoms with Gasteiger partial charge >= 0.3 is 0 Å². The summed E-state index contributed by atoms with van der Waals surface area (Å²) in [6.07, 6.45) is 1.40. The summed E-state index contributed by atoms with van der Waals surface area (Å²) in [4.78, 5) is 13.1. The number of ether oxygens (including phenoxy) is 5. The smallest absolute Gasteiger partial charge is 0.231 e. The number of hydrogen-bond donors (Lipinski definition) is 0. The van der Waals surface area contributed by atoms with Crippen LogP contribution in [0.15, 0.2) is 39.7 Å². The molecule has 7 nitrogen and oxygen atoms in total. The third-order valence-corrected chi connectivity index (χ3v) is 4.25. The van der Waals surface area contributed by atoms with Crippen LogP contribution in [0.5, 0.6) is 28.7 Å². The minimum atomic E-state index is -0.218. The summed E-state index contributed by atoms with van der Waals surface area (Å²) in [5, 5.41) is 0.328. The fraction of sp³-hybridized carbons (Fsp3) is 0.211. The van der Waals surface area contributed by atoms with E-state index in [1.165, 1.54) is 27.6 Å². The molecule has 1 aromatic heterocycles. The Balaban J connectivity index is 1.96. The molecule has 0 aliphatic carbocycles. The Labute approximate surface area is 148 Å². The van der Waals surface area contributed by atoms with Crippen LogP contribution in [0.4, 0.5) is 0 Å². The predicted octanol–water partition coefficient (Wildman–Crippen LogP) is 3.21. The Bertz CT molecular complexity index is 1050. The molecule has 2 aromatic carbocycles. The molecule has 4 rings (SSSR count). The summed E-state index contributed by atoms with van der Waals surface area (Å²) in [7, 11) is 4.46. The lowest BCUT2D eigenvalue weighted by atomic mass is 10.0. The molecule has 7 heteroatoms. The number of rotatable bonds is 4. The summed E-state index contributed by atoms with van der Waals surface area (Å²) in [5.41, 5.74) is 1.13. The normalized spacial score (nSPS) is 12.3. The lowest BCUT2D eigenvalue weighted by Crippen LogP contribution is -2.07. The van der Waals surface area contributed by atoms with Crippen LogP contribution < -0.4 is 29.1 Å². The highest BCUT2D eigenvalue weighted by molar-refractivity contribution is 5.90. The first-order valence-electron chi connectivity index (χ1n) is 7.82. The summed E-state index contributed by atoms with van der Waals surface area (Å²) in [6, 6.07) is 6.87. The Morgan fingerprint density at radius 2 is 1.69 bits per heavy atom. The summed E-state index contributed by atoms with van der Waals surface area (Å²) in [5.74, 6) is 2.28. The van der Waals surface area contributed by atoms with Gasteiger partial charge < -0.3 is 28.1 Å². The maximum atomic E-state index is 13.1. The molecule has 0 saturated heterocycles. The standard InChI is InChI=1S/C19H16O7/c1-21-15-7-11-16(20)12(8-24-17(11)19(23-3)18(15)22-2)10-4-5-13-14(6-10)26-9-25-13/h4-8H,9H2,1-3H3. The minimum absolute atomic E-state index is 0.166. The van der Waals surface area contributed by atoms with Gasteiger partial charge in [-0.05, 0) is 23.8 Å². The first-order chi connectivity index (χ1) is 12.7. The van der Waals surface area contributed by atoms with Gasteiger partial charge in [-0.2, -0.15) is 0 Å². The molecule has 3 aromatic rings. The average molecular weight is 356 g/mol. The minimum Gasteiger partial charge on any atom is -0.493 e. The maximum Gasteiger partial charge on any atom is 0.231 e. The van der Waals surface area contributed by atoms with E-state index in [-0.39, 0.29) is 12.2 Å². The summed E-state index contributed by atoms with van der Waals surface area (Å²) >= 11 is 0. The van der Waals surface area contributed by atoms with E-state index in [9.17, 15) is 4.79 Å². The number of benzene rings is 2. The van der Waals surface area contributed by atoms with E-state index in [0.717, 1.165) is 0 Å². The second-order valence-electron chi connectivity index (χ2n) is 5.57. The zero-order valence-electron chi connectivity index (χ0n) is 14.5. The quantitative estimate of drug-likeness (QED) is 0.710. The van der Waals surface area contributed by atoms with Crippen molar-refractivity contribution in [3.63, 3.8) is 0 Å². The van der Waals surface area contributed by atoms with Crippen molar-refractivity contribution in [1.82, 2.24) is 0 Å². The summed E-state index contributed by atoms with van der Waals surface area (Å²) in [6.45, 7) is 0.166. The van der Waals surface area contributed by atoms with Gasteiger partial charge in [0.05, 0.1) is 32.3 Å². The topological polar surface area (TPSA) is 76.4 Å². The van der Waals surface area contributed by atoms with Gasteiger partial charge in [-0.1, -0.05) is 6.07 Å². The van der Waals surface area contributed by atoms with Gasteiger partial charge in [-0.3, -0.25) is 4.79 Å². The van der Waals surface area contributed by atoms with Crippen LogP contribution in [0.25, 0.3) is 22.1 Å². The largest absolute Gasteiger partial charge is 0.493 e. The lowest BCUT2D eigenvalue weighted by Gasteiger charge is -2.14. The molecular weight excluding hydrogens is 340 g/mol. The highest BCUT2D eigenvalue weighted by Gasteiger charge is 2.22. The number of hydrogen-bond acceptors (Lipinski definition) is 7. The fourth-order valence-corrected chi connectivity index (χ4v) is 3.00. The summed E-state index contributed by atoms with van der Waals surface area (Å²) < 4.78 is 32.4. The molecule has 0 unspecified atom stereocenters. The van der Waals surface area contributed by atoms with Gasteiger partial charge in [0, 0.05) is 0 Å². The monoisotopic (exact) mass is 356 g/mol. The predicted molar refractivity (Wildman–Crippen MR) is 93.7 cm³/mol. The van der Waals surface area contributed by atoms with E-state index in [1.54, 1.807) is 24.3 Å². The van der Waals surface area contributed by atoms with Crippen LogP contribution in [-0.2, 0) is 0 Å². The van der Waals surface area contributed by atoms with E-state index >= 15 is 0 Å². The number of methoxy groups -OCH3 is 3. The molecule has 1 aliphatic rings. The Hall–Kier alpha value is -3.35. The van der Waals surface area contributed by atoms with Crippen molar-refractivity contribution in [1.29, 1.82) is 0 Å². The number of fused-ring (bicyclic) bond motifs is 2. The molecule has 0 N–H and O–H groups in total. The third kappa shape index (κ3) is 2.32. The lowest BCUT2D eigenvalue weighted by molar-refractivity contribution is 0.174. The van der Waals surface area contributed by atoms with Crippen molar-refractivity contribution < 1.29 is 28.1 Å². The second kappa shape index (κ2) is 6.18. The SMILES string of the molecule is COc1cc2c(=O)c(-c3ccc4c(c3)OCO4)coc2c(OC)c1OC. The Morgan fingerprint density at radius 3 is 2.42 bits per heavy atom. The van der Waals surface area contributed by atoms with E-state index < -0.39 is 0 Å². The van der Waals surface area contributed by atoms with Gasteiger partial charge in [0.15, 0.2) is 22.8 Å². The van der Waals surface area contributed by atoms with Gasteiger partial charge in [0.25, 0.3) is 0 Å². The zero-order valence-corrected chi connectivity index (χ0v) is 14.5.